The van der Waals surface area contributed by atoms with Crippen LogP contribution in [0, 0.1) is 0 Å². The number of halogens is 1. The van der Waals surface area contributed by atoms with Gasteiger partial charge in [0.2, 0.25) is 0 Å². The van der Waals surface area contributed by atoms with Crippen molar-refractivity contribution in [1.29, 1.82) is 0 Å². The Bertz CT molecular complexity index is 393. The van der Waals surface area contributed by atoms with E-state index < -0.39 is 0 Å². The number of carbonyl (C=O) groups excluding carboxylic acids is 1. The topological polar surface area (TPSA) is 29.1 Å². The molecule has 1 aromatic rings. The maximum Gasteiger partial charge on any atom is 0.251 e. The molecule has 0 aliphatic heterocycles. The number of hydrogen-bond acceptors (Lipinski definition) is 1. The highest BCUT2D eigenvalue weighted by Crippen LogP contribution is 2.25. The number of rotatable bonds is 3. The van der Waals surface area contributed by atoms with Crippen molar-refractivity contribution in [2.24, 2.45) is 0 Å². The minimum Gasteiger partial charge on any atom is -0.351 e. The Morgan fingerprint density at radius 2 is 1.94 bits per heavy atom. The lowest BCUT2D eigenvalue weighted by Crippen LogP contribution is -2.30. The molecular weight excluding hydrogens is 234 g/mol. The van der Waals surface area contributed by atoms with E-state index >= 15 is 0 Å². The summed E-state index contributed by atoms with van der Waals surface area (Å²) in [6, 6.07) is 7.70. The smallest absolute Gasteiger partial charge is 0.251 e. The molecule has 0 aliphatic rings. The third-order valence-corrected chi connectivity index (χ3v) is 2.68. The molecule has 2 nitrogen and oxygen atoms in total. The van der Waals surface area contributed by atoms with Gasteiger partial charge in [0.05, 0.1) is 0 Å². The Labute approximate surface area is 108 Å². The summed E-state index contributed by atoms with van der Waals surface area (Å²) in [6.45, 7) is 8.65. The number of benzene rings is 1. The van der Waals surface area contributed by atoms with Crippen molar-refractivity contribution >= 4 is 17.5 Å². The number of alkyl halides is 1. The lowest BCUT2D eigenvalue weighted by atomic mass is 9.83. The molecule has 0 heterocycles. The molecule has 0 aromatic heterocycles. The van der Waals surface area contributed by atoms with Crippen LogP contribution in [0.2, 0.25) is 0 Å². The van der Waals surface area contributed by atoms with Crippen LogP contribution in [0.25, 0.3) is 0 Å². The lowest BCUT2D eigenvalue weighted by Gasteiger charge is -2.22. The van der Waals surface area contributed by atoms with Crippen LogP contribution in [0.15, 0.2) is 24.3 Å². The summed E-state index contributed by atoms with van der Waals surface area (Å²) in [6.07, 6.45) is 0. The first-order valence-corrected chi connectivity index (χ1v) is 6.28. The standard InChI is InChI=1S/C14H20ClNO/c1-10(15)9-16-13(17)11-7-5-6-8-12(11)14(2,3)4/h5-8,10H,9H2,1-4H3,(H,16,17). The highest BCUT2D eigenvalue weighted by atomic mass is 35.5. The Kier molecular flexibility index (Phi) is 4.58. The summed E-state index contributed by atoms with van der Waals surface area (Å²) in [4.78, 5) is 12.0. The maximum atomic E-state index is 12.0. The molecule has 1 amide bonds. The van der Waals surface area contributed by atoms with E-state index in [0.717, 1.165) is 11.1 Å². The SMILES string of the molecule is CC(Cl)CNC(=O)c1ccccc1C(C)(C)C. The van der Waals surface area contributed by atoms with Crippen molar-refractivity contribution < 1.29 is 4.79 Å². The zero-order valence-electron chi connectivity index (χ0n) is 10.9. The van der Waals surface area contributed by atoms with Crippen LogP contribution in [0.1, 0.15) is 43.6 Å². The van der Waals surface area contributed by atoms with Gasteiger partial charge in [-0.15, -0.1) is 11.6 Å². The predicted octanol–water partition coefficient (Wildman–Crippen LogP) is 3.34. The minimum atomic E-state index is -0.0549. The van der Waals surface area contributed by atoms with Gasteiger partial charge < -0.3 is 5.32 Å². The fraction of sp³-hybridized carbons (Fsp3) is 0.500. The molecule has 94 valence electrons. The van der Waals surface area contributed by atoms with Gasteiger partial charge in [0.1, 0.15) is 0 Å². The van der Waals surface area contributed by atoms with Crippen LogP contribution in [0.4, 0.5) is 0 Å². The monoisotopic (exact) mass is 253 g/mol. The van der Waals surface area contributed by atoms with Crippen molar-refractivity contribution in [1.82, 2.24) is 5.32 Å². The Hall–Kier alpha value is -1.02. The van der Waals surface area contributed by atoms with Crippen molar-refractivity contribution in [3.05, 3.63) is 35.4 Å². The molecule has 1 rings (SSSR count). The van der Waals surface area contributed by atoms with Crippen LogP contribution in [-0.4, -0.2) is 17.8 Å². The van der Waals surface area contributed by atoms with Crippen LogP contribution >= 0.6 is 11.6 Å². The summed E-state index contributed by atoms with van der Waals surface area (Å²) >= 11 is 5.82. The Morgan fingerprint density at radius 3 is 2.47 bits per heavy atom. The second-order valence-corrected chi connectivity index (χ2v) is 6.03. The molecule has 0 bridgehead atoms. The van der Waals surface area contributed by atoms with Crippen molar-refractivity contribution in [2.75, 3.05) is 6.54 Å². The molecule has 0 radical (unpaired) electrons. The van der Waals surface area contributed by atoms with Crippen molar-refractivity contribution in [3.63, 3.8) is 0 Å². The summed E-state index contributed by atoms with van der Waals surface area (Å²) in [5.41, 5.74) is 1.75. The van der Waals surface area contributed by atoms with Gasteiger partial charge in [-0.2, -0.15) is 0 Å². The average Bonchev–Trinajstić information content (AvgIpc) is 2.24. The van der Waals surface area contributed by atoms with Gasteiger partial charge in [0.15, 0.2) is 0 Å². The molecule has 1 unspecified atom stereocenters. The highest BCUT2D eigenvalue weighted by molar-refractivity contribution is 6.20. The zero-order chi connectivity index (χ0) is 13.1. The van der Waals surface area contributed by atoms with E-state index in [9.17, 15) is 4.79 Å². The van der Waals surface area contributed by atoms with Crippen LogP contribution in [0.3, 0.4) is 0 Å². The van der Waals surface area contributed by atoms with Gasteiger partial charge in [-0.1, -0.05) is 39.0 Å². The quantitative estimate of drug-likeness (QED) is 0.823. The molecule has 1 N–H and O–H groups in total. The lowest BCUT2D eigenvalue weighted by molar-refractivity contribution is 0.0951. The molecule has 0 aliphatic carbocycles. The molecule has 0 fully saturated rings. The summed E-state index contributed by atoms with van der Waals surface area (Å²) < 4.78 is 0. The van der Waals surface area contributed by atoms with Gasteiger partial charge in [0, 0.05) is 17.5 Å². The van der Waals surface area contributed by atoms with E-state index in [2.05, 4.69) is 26.1 Å². The zero-order valence-corrected chi connectivity index (χ0v) is 11.6. The summed E-state index contributed by atoms with van der Waals surface area (Å²) in [5.74, 6) is -0.0528. The van der Waals surface area contributed by atoms with Crippen LogP contribution < -0.4 is 5.32 Å². The Balaban J connectivity index is 2.94. The second-order valence-electron chi connectivity index (χ2n) is 5.29. The number of nitrogens with one attached hydrogen (secondary N) is 1. The normalized spacial score (nSPS) is 13.2. The van der Waals surface area contributed by atoms with E-state index in [1.807, 2.05) is 31.2 Å². The van der Waals surface area contributed by atoms with Crippen LogP contribution in [0.5, 0.6) is 0 Å². The van der Waals surface area contributed by atoms with Gasteiger partial charge in [-0.05, 0) is 24.0 Å². The molecule has 0 saturated heterocycles. The number of amides is 1. The molecule has 1 aromatic carbocycles. The third kappa shape index (κ3) is 4.04. The molecule has 1 atom stereocenters. The maximum absolute atomic E-state index is 12.0. The Morgan fingerprint density at radius 1 is 1.35 bits per heavy atom. The minimum absolute atomic E-state index is 0.0412. The van der Waals surface area contributed by atoms with E-state index in [-0.39, 0.29) is 16.7 Å². The summed E-state index contributed by atoms with van der Waals surface area (Å²) in [5, 5.41) is 2.79. The number of carbonyl (C=O) groups is 1. The first-order chi connectivity index (χ1) is 7.82. The van der Waals surface area contributed by atoms with Gasteiger partial charge >= 0.3 is 0 Å². The highest BCUT2D eigenvalue weighted by Gasteiger charge is 2.20. The van der Waals surface area contributed by atoms with E-state index in [1.54, 1.807) is 0 Å². The fourth-order valence-electron chi connectivity index (χ4n) is 1.66. The molecule has 0 spiro atoms. The van der Waals surface area contributed by atoms with Crippen molar-refractivity contribution in [2.45, 2.75) is 38.5 Å². The second kappa shape index (κ2) is 5.54. The molecule has 3 heteroatoms. The average molecular weight is 254 g/mol. The van der Waals surface area contributed by atoms with E-state index in [1.165, 1.54) is 0 Å². The molecule has 17 heavy (non-hydrogen) atoms. The van der Waals surface area contributed by atoms with Gasteiger partial charge in [0.25, 0.3) is 5.91 Å². The predicted molar refractivity (Wildman–Crippen MR) is 72.8 cm³/mol. The largest absolute Gasteiger partial charge is 0.351 e. The number of hydrogen-bond donors (Lipinski definition) is 1. The van der Waals surface area contributed by atoms with E-state index in [0.29, 0.717) is 6.54 Å². The van der Waals surface area contributed by atoms with E-state index in [4.69, 9.17) is 11.6 Å². The van der Waals surface area contributed by atoms with Crippen LogP contribution in [-0.2, 0) is 5.41 Å². The molecular formula is C14H20ClNO. The summed E-state index contributed by atoms with van der Waals surface area (Å²) in [7, 11) is 0. The third-order valence-electron chi connectivity index (χ3n) is 2.52. The van der Waals surface area contributed by atoms with Gasteiger partial charge in [-0.3, -0.25) is 4.79 Å². The molecule has 0 saturated carbocycles. The first-order valence-electron chi connectivity index (χ1n) is 5.84. The van der Waals surface area contributed by atoms with Gasteiger partial charge in [-0.25, -0.2) is 0 Å². The fourth-order valence-corrected chi connectivity index (χ4v) is 1.74. The first kappa shape index (κ1) is 14.0. The van der Waals surface area contributed by atoms with Crippen molar-refractivity contribution in [3.8, 4) is 0 Å².